The van der Waals surface area contributed by atoms with Crippen LogP contribution >= 0.6 is 11.6 Å². The van der Waals surface area contributed by atoms with Crippen molar-refractivity contribution in [3.05, 3.63) is 75.4 Å². The summed E-state index contributed by atoms with van der Waals surface area (Å²) in [6.45, 7) is 8.15. The highest BCUT2D eigenvalue weighted by Crippen LogP contribution is 2.48. The summed E-state index contributed by atoms with van der Waals surface area (Å²) in [5.41, 5.74) is 5.30. The van der Waals surface area contributed by atoms with Crippen LogP contribution < -0.4 is 4.90 Å². The molecule has 3 nitrogen and oxygen atoms in total. The van der Waals surface area contributed by atoms with Crippen LogP contribution in [0.4, 0.5) is 5.69 Å². The number of aryl methyl sites for hydroxylation is 1. The lowest BCUT2D eigenvalue weighted by Crippen LogP contribution is -2.44. The first-order valence-electron chi connectivity index (χ1n) is 10.1. The van der Waals surface area contributed by atoms with E-state index in [-0.39, 0.29) is 23.0 Å². The minimum atomic E-state index is -0.184. The molecular formula is C25H26ClNO2. The van der Waals surface area contributed by atoms with Gasteiger partial charge >= 0.3 is 0 Å². The molecule has 150 valence electrons. The van der Waals surface area contributed by atoms with Crippen molar-refractivity contribution >= 4 is 29.0 Å². The molecule has 2 aromatic rings. The van der Waals surface area contributed by atoms with Gasteiger partial charge in [-0.05, 0) is 48.9 Å². The van der Waals surface area contributed by atoms with Gasteiger partial charge in [0.25, 0.3) is 0 Å². The standard InChI is InChI=1S/C25H26ClNO2/c1-15-8-10-17(11-9-15)18-12-23(29)27(20-7-5-6-19(26)16(20)2)21-13-25(3,4)14-22(28)24(18)21/h5-11,18H,12-14H2,1-4H3. The van der Waals surface area contributed by atoms with E-state index < -0.39 is 0 Å². The molecule has 4 heteroatoms. The van der Waals surface area contributed by atoms with E-state index in [9.17, 15) is 9.59 Å². The SMILES string of the molecule is Cc1ccc(C2CC(=O)N(c3cccc(Cl)c3C)C3=C2C(=O)CC(C)(C)C3)cc1. The molecule has 1 aliphatic heterocycles. The number of benzene rings is 2. The van der Waals surface area contributed by atoms with Crippen LogP contribution in [0.25, 0.3) is 0 Å². The van der Waals surface area contributed by atoms with Gasteiger partial charge in [0, 0.05) is 35.1 Å². The number of rotatable bonds is 2. The van der Waals surface area contributed by atoms with Crippen LogP contribution in [-0.2, 0) is 9.59 Å². The van der Waals surface area contributed by atoms with Crippen molar-refractivity contribution in [1.29, 1.82) is 0 Å². The first-order valence-corrected chi connectivity index (χ1v) is 10.5. The maximum absolute atomic E-state index is 13.4. The van der Waals surface area contributed by atoms with Gasteiger partial charge in [-0.25, -0.2) is 0 Å². The Labute approximate surface area is 177 Å². The Balaban J connectivity index is 1.92. The number of carbonyl (C=O) groups is 2. The fourth-order valence-electron chi connectivity index (χ4n) is 4.62. The molecule has 0 spiro atoms. The van der Waals surface area contributed by atoms with Crippen molar-refractivity contribution in [3.63, 3.8) is 0 Å². The first-order chi connectivity index (χ1) is 13.7. The average Bonchev–Trinajstić information content (AvgIpc) is 2.63. The van der Waals surface area contributed by atoms with E-state index in [0.717, 1.165) is 33.6 Å². The number of anilines is 1. The van der Waals surface area contributed by atoms with Crippen LogP contribution in [0.3, 0.4) is 0 Å². The molecule has 2 aromatic carbocycles. The molecule has 0 fully saturated rings. The summed E-state index contributed by atoms with van der Waals surface area (Å²) in [6.07, 6.45) is 1.49. The van der Waals surface area contributed by atoms with Gasteiger partial charge in [0.05, 0.1) is 5.69 Å². The predicted octanol–water partition coefficient (Wildman–Crippen LogP) is 6.12. The van der Waals surface area contributed by atoms with Gasteiger partial charge in [-0.3, -0.25) is 14.5 Å². The van der Waals surface area contributed by atoms with E-state index in [4.69, 9.17) is 11.6 Å². The Morgan fingerprint density at radius 1 is 1.00 bits per heavy atom. The molecule has 1 unspecified atom stereocenters. The van der Waals surface area contributed by atoms with Crippen molar-refractivity contribution in [1.82, 2.24) is 0 Å². The third kappa shape index (κ3) is 3.53. The summed E-state index contributed by atoms with van der Waals surface area (Å²) in [6, 6.07) is 13.8. The molecule has 0 saturated carbocycles. The molecule has 0 bridgehead atoms. The Bertz CT molecular complexity index is 1030. The van der Waals surface area contributed by atoms with Gasteiger partial charge in [0.2, 0.25) is 5.91 Å². The third-order valence-electron chi connectivity index (χ3n) is 6.10. The number of ketones is 1. The van der Waals surface area contributed by atoms with E-state index in [2.05, 4.69) is 13.8 Å². The Hall–Kier alpha value is -2.39. The molecule has 0 radical (unpaired) electrons. The maximum Gasteiger partial charge on any atom is 0.232 e. The van der Waals surface area contributed by atoms with Crippen molar-refractivity contribution < 1.29 is 9.59 Å². The minimum absolute atomic E-state index is 0.0187. The quantitative estimate of drug-likeness (QED) is 0.601. The molecule has 1 atom stereocenters. The van der Waals surface area contributed by atoms with E-state index >= 15 is 0 Å². The number of Topliss-reactive ketones (excluding diaryl/α,β-unsaturated/α-hetero) is 1. The van der Waals surface area contributed by atoms with Crippen LogP contribution in [0, 0.1) is 19.3 Å². The summed E-state index contributed by atoms with van der Waals surface area (Å²) >= 11 is 6.36. The highest BCUT2D eigenvalue weighted by molar-refractivity contribution is 6.31. The smallest absolute Gasteiger partial charge is 0.232 e. The molecular weight excluding hydrogens is 382 g/mol. The zero-order chi connectivity index (χ0) is 20.9. The summed E-state index contributed by atoms with van der Waals surface area (Å²) in [5.74, 6) is -0.0124. The average molecular weight is 408 g/mol. The summed E-state index contributed by atoms with van der Waals surface area (Å²) < 4.78 is 0. The normalized spacial score (nSPS) is 21.4. The van der Waals surface area contributed by atoms with Crippen LogP contribution in [-0.4, -0.2) is 11.7 Å². The number of hydrogen-bond donors (Lipinski definition) is 0. The number of halogens is 1. The molecule has 1 amide bonds. The van der Waals surface area contributed by atoms with E-state index in [1.165, 1.54) is 0 Å². The molecule has 4 rings (SSSR count). The Morgan fingerprint density at radius 2 is 1.69 bits per heavy atom. The van der Waals surface area contributed by atoms with Gasteiger partial charge in [-0.15, -0.1) is 0 Å². The largest absolute Gasteiger partial charge is 0.294 e. The lowest BCUT2D eigenvalue weighted by atomic mass is 9.69. The molecule has 2 aliphatic rings. The van der Waals surface area contributed by atoms with Crippen LogP contribution in [0.5, 0.6) is 0 Å². The van der Waals surface area contributed by atoms with Gasteiger partial charge in [-0.2, -0.15) is 0 Å². The second kappa shape index (κ2) is 7.14. The van der Waals surface area contributed by atoms with Crippen LogP contribution in [0.15, 0.2) is 53.7 Å². The predicted molar refractivity (Wildman–Crippen MR) is 117 cm³/mol. The number of allylic oxidation sites excluding steroid dienone is 2. The molecule has 0 saturated heterocycles. The van der Waals surface area contributed by atoms with Gasteiger partial charge < -0.3 is 0 Å². The van der Waals surface area contributed by atoms with Crippen molar-refractivity contribution in [2.45, 2.75) is 52.9 Å². The fourth-order valence-corrected chi connectivity index (χ4v) is 4.79. The molecule has 0 aromatic heterocycles. The van der Waals surface area contributed by atoms with E-state index in [0.29, 0.717) is 24.3 Å². The zero-order valence-corrected chi connectivity index (χ0v) is 18.1. The molecule has 29 heavy (non-hydrogen) atoms. The van der Waals surface area contributed by atoms with Gasteiger partial charge in [-0.1, -0.05) is 61.3 Å². The minimum Gasteiger partial charge on any atom is -0.294 e. The Morgan fingerprint density at radius 3 is 2.38 bits per heavy atom. The summed E-state index contributed by atoms with van der Waals surface area (Å²) in [5, 5.41) is 0.625. The lowest BCUT2D eigenvalue weighted by Gasteiger charge is -2.43. The maximum atomic E-state index is 13.4. The third-order valence-corrected chi connectivity index (χ3v) is 6.51. The number of amides is 1. The fraction of sp³-hybridized carbons (Fsp3) is 0.360. The van der Waals surface area contributed by atoms with Gasteiger partial charge in [0.1, 0.15) is 0 Å². The second-order valence-corrected chi connectivity index (χ2v) is 9.49. The molecule has 1 heterocycles. The van der Waals surface area contributed by atoms with Gasteiger partial charge in [0.15, 0.2) is 5.78 Å². The lowest BCUT2D eigenvalue weighted by molar-refractivity contribution is -0.121. The number of carbonyl (C=O) groups excluding carboxylic acids is 2. The topological polar surface area (TPSA) is 37.4 Å². The molecule has 0 N–H and O–H groups in total. The highest BCUT2D eigenvalue weighted by Gasteiger charge is 2.44. The highest BCUT2D eigenvalue weighted by atomic mass is 35.5. The van der Waals surface area contributed by atoms with Crippen molar-refractivity contribution in [3.8, 4) is 0 Å². The second-order valence-electron chi connectivity index (χ2n) is 9.08. The van der Waals surface area contributed by atoms with Crippen LogP contribution in [0.1, 0.15) is 55.7 Å². The van der Waals surface area contributed by atoms with E-state index in [1.807, 2.05) is 56.3 Å². The van der Waals surface area contributed by atoms with Crippen molar-refractivity contribution in [2.24, 2.45) is 5.41 Å². The van der Waals surface area contributed by atoms with E-state index in [1.54, 1.807) is 4.90 Å². The van der Waals surface area contributed by atoms with Crippen LogP contribution in [0.2, 0.25) is 5.02 Å². The zero-order valence-electron chi connectivity index (χ0n) is 17.4. The number of nitrogens with zero attached hydrogens (tertiary/aromatic N) is 1. The summed E-state index contributed by atoms with van der Waals surface area (Å²) in [4.78, 5) is 28.5. The van der Waals surface area contributed by atoms with Crippen molar-refractivity contribution in [2.75, 3.05) is 4.90 Å². The molecule has 1 aliphatic carbocycles. The first kappa shape index (κ1) is 19.9. The summed E-state index contributed by atoms with van der Waals surface area (Å²) in [7, 11) is 0. The number of hydrogen-bond acceptors (Lipinski definition) is 2. The monoisotopic (exact) mass is 407 g/mol. The Kier molecular flexibility index (Phi) is 4.90.